The molecule has 1 atom stereocenters. The number of hydrogen-bond acceptors (Lipinski definition) is 3. The van der Waals surface area contributed by atoms with Gasteiger partial charge in [0.1, 0.15) is 0 Å². The third kappa shape index (κ3) is 3.82. The highest BCUT2D eigenvalue weighted by Gasteiger charge is 2.24. The van der Waals surface area contributed by atoms with Crippen molar-refractivity contribution in [3.63, 3.8) is 0 Å². The Morgan fingerprint density at radius 2 is 1.82 bits per heavy atom. The molecular formula is C10H16Cl2N2O2S. The van der Waals surface area contributed by atoms with E-state index in [9.17, 15) is 8.42 Å². The highest BCUT2D eigenvalue weighted by molar-refractivity contribution is 7.89. The van der Waals surface area contributed by atoms with E-state index < -0.39 is 10.0 Å². The molecule has 0 heterocycles. The normalized spacial score (nSPS) is 13.2. The van der Waals surface area contributed by atoms with Gasteiger partial charge in [0.05, 0.1) is 4.90 Å². The van der Waals surface area contributed by atoms with Crippen molar-refractivity contribution in [3.05, 3.63) is 29.3 Å². The van der Waals surface area contributed by atoms with Gasteiger partial charge in [-0.1, -0.05) is 11.6 Å². The quantitative estimate of drug-likeness (QED) is 0.921. The molecule has 0 bridgehead atoms. The van der Waals surface area contributed by atoms with Gasteiger partial charge in [-0.15, -0.1) is 12.4 Å². The number of nitrogens with zero attached hydrogens (tertiary/aromatic N) is 1. The Morgan fingerprint density at radius 1 is 1.35 bits per heavy atom. The van der Waals surface area contributed by atoms with Crippen molar-refractivity contribution >= 4 is 34.0 Å². The first-order valence-electron chi connectivity index (χ1n) is 4.83. The standard InChI is InChI=1S/C10H15ClN2O2S.ClH/c1-8(7-12)13(2)16(14,15)10-5-3-9(11)4-6-10;/h3-6,8H,7,12H2,1-2H3;1H. The predicted molar refractivity (Wildman–Crippen MR) is 72.2 cm³/mol. The maximum atomic E-state index is 12.1. The summed E-state index contributed by atoms with van der Waals surface area (Å²) in [6.07, 6.45) is 0. The van der Waals surface area contributed by atoms with Crippen molar-refractivity contribution in [2.45, 2.75) is 17.9 Å². The Morgan fingerprint density at radius 3 is 2.24 bits per heavy atom. The summed E-state index contributed by atoms with van der Waals surface area (Å²) in [5.74, 6) is 0. The van der Waals surface area contributed by atoms with Crippen LogP contribution in [0.3, 0.4) is 0 Å². The van der Waals surface area contributed by atoms with Crippen molar-refractivity contribution in [1.29, 1.82) is 0 Å². The Labute approximate surface area is 113 Å². The molecule has 4 nitrogen and oxygen atoms in total. The van der Waals surface area contributed by atoms with E-state index in [0.29, 0.717) is 5.02 Å². The fourth-order valence-electron chi connectivity index (χ4n) is 1.16. The summed E-state index contributed by atoms with van der Waals surface area (Å²) in [5, 5.41) is 0.508. The molecule has 1 unspecified atom stereocenters. The first-order valence-corrected chi connectivity index (χ1v) is 6.65. The van der Waals surface area contributed by atoms with Crippen LogP contribution in [0.15, 0.2) is 29.2 Å². The summed E-state index contributed by atoms with van der Waals surface area (Å²) >= 11 is 5.70. The van der Waals surface area contributed by atoms with Gasteiger partial charge < -0.3 is 5.73 Å². The van der Waals surface area contributed by atoms with Crippen molar-refractivity contribution in [2.75, 3.05) is 13.6 Å². The summed E-state index contributed by atoms with van der Waals surface area (Å²) in [7, 11) is -1.96. The molecule has 2 N–H and O–H groups in total. The molecule has 1 aromatic carbocycles. The molecule has 0 aliphatic heterocycles. The van der Waals surface area contributed by atoms with Crippen LogP contribution in [0, 0.1) is 0 Å². The largest absolute Gasteiger partial charge is 0.329 e. The van der Waals surface area contributed by atoms with Crippen LogP contribution < -0.4 is 5.73 Å². The molecule has 0 aliphatic carbocycles. The Balaban J connectivity index is 0.00000256. The van der Waals surface area contributed by atoms with Crippen molar-refractivity contribution < 1.29 is 8.42 Å². The van der Waals surface area contributed by atoms with Crippen LogP contribution in [0.1, 0.15) is 6.92 Å². The SMILES string of the molecule is CC(CN)N(C)S(=O)(=O)c1ccc(Cl)cc1.Cl. The second-order valence-electron chi connectivity index (χ2n) is 3.56. The summed E-state index contributed by atoms with van der Waals surface area (Å²) in [4.78, 5) is 0.222. The Kier molecular flexibility index (Phi) is 6.43. The van der Waals surface area contributed by atoms with Gasteiger partial charge >= 0.3 is 0 Å². The highest BCUT2D eigenvalue weighted by atomic mass is 35.5. The highest BCUT2D eigenvalue weighted by Crippen LogP contribution is 2.18. The molecule has 98 valence electrons. The van der Waals surface area contributed by atoms with Crippen LogP contribution in [0.25, 0.3) is 0 Å². The van der Waals surface area contributed by atoms with Gasteiger partial charge in [-0.3, -0.25) is 0 Å². The van der Waals surface area contributed by atoms with Crippen LogP contribution in [-0.4, -0.2) is 32.4 Å². The van der Waals surface area contributed by atoms with E-state index >= 15 is 0 Å². The fraction of sp³-hybridized carbons (Fsp3) is 0.400. The number of benzene rings is 1. The first-order chi connectivity index (χ1) is 7.39. The lowest BCUT2D eigenvalue weighted by Crippen LogP contribution is -2.39. The van der Waals surface area contributed by atoms with Gasteiger partial charge in [-0.2, -0.15) is 4.31 Å². The van der Waals surface area contributed by atoms with Crippen LogP contribution in [0.4, 0.5) is 0 Å². The van der Waals surface area contributed by atoms with E-state index in [1.807, 2.05) is 0 Å². The molecule has 0 radical (unpaired) electrons. The van der Waals surface area contributed by atoms with Gasteiger partial charge in [-0.25, -0.2) is 8.42 Å². The average Bonchev–Trinajstić information content (AvgIpc) is 2.27. The smallest absolute Gasteiger partial charge is 0.243 e. The second kappa shape index (κ2) is 6.56. The summed E-state index contributed by atoms with van der Waals surface area (Å²) < 4.78 is 25.4. The van der Waals surface area contributed by atoms with Crippen LogP contribution >= 0.6 is 24.0 Å². The van der Waals surface area contributed by atoms with Crippen LogP contribution in [-0.2, 0) is 10.0 Å². The molecule has 0 saturated carbocycles. The van der Waals surface area contributed by atoms with E-state index in [-0.39, 0.29) is 29.9 Å². The summed E-state index contributed by atoms with van der Waals surface area (Å²) in [6.45, 7) is 2.04. The third-order valence-corrected chi connectivity index (χ3v) is 4.69. The lowest BCUT2D eigenvalue weighted by atomic mass is 10.4. The monoisotopic (exact) mass is 298 g/mol. The zero-order valence-corrected chi connectivity index (χ0v) is 12.0. The third-order valence-electron chi connectivity index (χ3n) is 2.45. The number of nitrogens with two attached hydrogens (primary N) is 1. The van der Waals surface area contributed by atoms with E-state index in [1.54, 1.807) is 19.1 Å². The summed E-state index contributed by atoms with van der Waals surface area (Å²) in [5.41, 5.74) is 5.44. The number of halogens is 2. The van der Waals surface area contributed by atoms with Crippen molar-refractivity contribution in [2.24, 2.45) is 5.73 Å². The molecular weight excluding hydrogens is 283 g/mol. The minimum Gasteiger partial charge on any atom is -0.329 e. The average molecular weight is 299 g/mol. The van der Waals surface area contributed by atoms with Gasteiger partial charge in [0.2, 0.25) is 10.0 Å². The number of likely N-dealkylation sites (N-methyl/N-ethyl adjacent to an activating group) is 1. The summed E-state index contributed by atoms with van der Waals surface area (Å²) in [6, 6.07) is 5.83. The first kappa shape index (κ1) is 16.7. The van der Waals surface area contributed by atoms with Gasteiger partial charge in [-0.05, 0) is 31.2 Å². The fourth-order valence-corrected chi connectivity index (χ4v) is 2.66. The van der Waals surface area contributed by atoms with Gasteiger partial charge in [0.25, 0.3) is 0 Å². The second-order valence-corrected chi connectivity index (χ2v) is 5.99. The zero-order chi connectivity index (χ0) is 12.3. The van der Waals surface area contributed by atoms with Gasteiger partial charge in [0.15, 0.2) is 0 Å². The minimum atomic E-state index is -3.47. The molecule has 7 heteroatoms. The molecule has 1 rings (SSSR count). The maximum absolute atomic E-state index is 12.1. The molecule has 1 aromatic rings. The molecule has 0 fully saturated rings. The zero-order valence-electron chi connectivity index (χ0n) is 9.63. The van der Waals surface area contributed by atoms with E-state index in [4.69, 9.17) is 17.3 Å². The van der Waals surface area contributed by atoms with Crippen molar-refractivity contribution in [1.82, 2.24) is 4.31 Å². The minimum absolute atomic E-state index is 0. The molecule has 17 heavy (non-hydrogen) atoms. The molecule has 0 spiro atoms. The Bertz CT molecular complexity index is 448. The van der Waals surface area contributed by atoms with E-state index in [0.717, 1.165) is 0 Å². The van der Waals surface area contributed by atoms with Crippen LogP contribution in [0.2, 0.25) is 5.02 Å². The predicted octanol–water partition coefficient (Wildman–Crippen LogP) is 1.73. The van der Waals surface area contributed by atoms with E-state index in [1.165, 1.54) is 23.5 Å². The Hall–Kier alpha value is -0.330. The lowest BCUT2D eigenvalue weighted by molar-refractivity contribution is 0.394. The number of rotatable bonds is 4. The van der Waals surface area contributed by atoms with Crippen molar-refractivity contribution in [3.8, 4) is 0 Å². The van der Waals surface area contributed by atoms with E-state index in [2.05, 4.69) is 0 Å². The molecule has 0 aliphatic rings. The lowest BCUT2D eigenvalue weighted by Gasteiger charge is -2.22. The van der Waals surface area contributed by atoms with Crippen LogP contribution in [0.5, 0.6) is 0 Å². The maximum Gasteiger partial charge on any atom is 0.243 e. The van der Waals surface area contributed by atoms with Gasteiger partial charge in [0, 0.05) is 24.7 Å². The molecule has 0 amide bonds. The molecule has 0 saturated heterocycles. The molecule has 0 aromatic heterocycles. The number of sulfonamides is 1. The topological polar surface area (TPSA) is 63.4 Å². The number of hydrogen-bond donors (Lipinski definition) is 1.